The predicted octanol–water partition coefficient (Wildman–Crippen LogP) is 4.78. The summed E-state index contributed by atoms with van der Waals surface area (Å²) in [4.78, 5) is 7.28. The van der Waals surface area contributed by atoms with Crippen molar-refractivity contribution in [1.29, 1.82) is 0 Å². The molecule has 2 heterocycles. The number of rotatable bonds is 0. The van der Waals surface area contributed by atoms with Gasteiger partial charge in [-0.3, -0.25) is 4.98 Å². The molecule has 0 atom stereocenters. The van der Waals surface area contributed by atoms with Crippen molar-refractivity contribution in [3.8, 4) is 0 Å². The summed E-state index contributed by atoms with van der Waals surface area (Å²) in [6.07, 6.45) is 6.41. The first-order valence-corrected chi connectivity index (χ1v) is 9.56. The van der Waals surface area contributed by atoms with Crippen LogP contribution in [0.25, 0.3) is 5.57 Å². The lowest BCUT2D eigenvalue weighted by atomic mass is 9.88. The Bertz CT molecular complexity index is 757. The Labute approximate surface area is 152 Å². The monoisotopic (exact) mass is 382 g/mol. The number of aromatic nitrogens is 1. The first kappa shape index (κ1) is 16.0. The van der Waals surface area contributed by atoms with Crippen LogP contribution in [0.15, 0.2) is 40.5 Å². The van der Waals surface area contributed by atoms with Crippen LogP contribution in [0.3, 0.4) is 0 Å². The maximum absolute atomic E-state index is 4.86. The zero-order chi connectivity index (χ0) is 16.7. The van der Waals surface area contributed by atoms with Crippen molar-refractivity contribution in [2.24, 2.45) is 0 Å². The number of hydrogen-bond acceptors (Lipinski definition) is 2. The van der Waals surface area contributed by atoms with Crippen LogP contribution >= 0.6 is 15.9 Å². The fraction of sp³-hybridized carbons (Fsp3) is 0.381. The third-order valence-corrected chi connectivity index (χ3v) is 5.74. The topological polar surface area (TPSA) is 16.1 Å². The Morgan fingerprint density at radius 2 is 1.75 bits per heavy atom. The average molecular weight is 383 g/mol. The van der Waals surface area contributed by atoms with Gasteiger partial charge in [-0.1, -0.05) is 29.3 Å². The molecule has 2 nitrogen and oxygen atoms in total. The largest absolute Gasteiger partial charge is 0.306 e. The van der Waals surface area contributed by atoms with Gasteiger partial charge < -0.3 is 4.90 Å². The standard InChI is InChI=1S/C21H23BrN2/c1-14-3-6-19-16(11-14)4-5-17-12-18(22)13-23-21(17)20(19)15-7-9-24(2)10-8-15/h3,6,11-13H,4-5,7-10H2,1-2H3. The van der Waals surface area contributed by atoms with E-state index in [-0.39, 0.29) is 0 Å². The molecule has 2 aliphatic rings. The van der Waals surface area contributed by atoms with Gasteiger partial charge in [0.25, 0.3) is 0 Å². The quantitative estimate of drug-likeness (QED) is 0.651. The summed E-state index contributed by atoms with van der Waals surface area (Å²) in [5.41, 5.74) is 9.81. The Balaban J connectivity index is 1.94. The van der Waals surface area contributed by atoms with Gasteiger partial charge in [-0.15, -0.1) is 0 Å². The summed E-state index contributed by atoms with van der Waals surface area (Å²) in [6.45, 7) is 4.48. The summed E-state index contributed by atoms with van der Waals surface area (Å²) < 4.78 is 1.08. The van der Waals surface area contributed by atoms with E-state index in [0.29, 0.717) is 0 Å². The fourth-order valence-corrected chi connectivity index (χ4v) is 4.34. The number of likely N-dealkylation sites (tertiary alicyclic amines) is 1. The zero-order valence-electron chi connectivity index (χ0n) is 14.4. The van der Waals surface area contributed by atoms with E-state index in [4.69, 9.17) is 4.98 Å². The SMILES string of the molecule is Cc1ccc2c(c1)CCc1cc(Br)cnc1C2=C1CCN(C)CC1. The number of hydrogen-bond donors (Lipinski definition) is 0. The highest BCUT2D eigenvalue weighted by molar-refractivity contribution is 9.10. The molecule has 2 aromatic rings. The number of piperidine rings is 1. The van der Waals surface area contributed by atoms with Crippen molar-refractivity contribution in [1.82, 2.24) is 9.88 Å². The number of nitrogens with zero attached hydrogens (tertiary/aromatic N) is 2. The number of halogens is 1. The molecule has 1 saturated heterocycles. The molecule has 1 aromatic heterocycles. The molecule has 1 aliphatic carbocycles. The van der Waals surface area contributed by atoms with Crippen molar-refractivity contribution in [2.75, 3.05) is 20.1 Å². The van der Waals surface area contributed by atoms with E-state index in [1.807, 2.05) is 6.20 Å². The minimum absolute atomic E-state index is 1.06. The van der Waals surface area contributed by atoms with Gasteiger partial charge in [0.15, 0.2) is 0 Å². The van der Waals surface area contributed by atoms with Gasteiger partial charge in [0.05, 0.1) is 5.69 Å². The summed E-state index contributed by atoms with van der Waals surface area (Å²) in [7, 11) is 2.22. The van der Waals surface area contributed by atoms with Crippen molar-refractivity contribution in [3.63, 3.8) is 0 Å². The Hall–Kier alpha value is -1.45. The molecular weight excluding hydrogens is 360 g/mol. The van der Waals surface area contributed by atoms with Crippen LogP contribution in [0, 0.1) is 6.92 Å². The van der Waals surface area contributed by atoms with E-state index in [1.54, 1.807) is 5.57 Å². The second-order valence-electron chi connectivity index (χ2n) is 7.10. The van der Waals surface area contributed by atoms with Gasteiger partial charge >= 0.3 is 0 Å². The lowest BCUT2D eigenvalue weighted by molar-refractivity contribution is 0.313. The molecular formula is C21H23BrN2. The van der Waals surface area contributed by atoms with E-state index in [0.717, 1.165) is 43.2 Å². The van der Waals surface area contributed by atoms with Crippen LogP contribution in [-0.4, -0.2) is 30.0 Å². The van der Waals surface area contributed by atoms with Crippen LogP contribution < -0.4 is 0 Å². The number of benzene rings is 1. The third-order valence-electron chi connectivity index (χ3n) is 5.31. The average Bonchev–Trinajstić information content (AvgIpc) is 2.72. The van der Waals surface area contributed by atoms with Crippen molar-refractivity contribution in [3.05, 3.63) is 68.5 Å². The van der Waals surface area contributed by atoms with Gasteiger partial charge in [-0.25, -0.2) is 0 Å². The molecule has 1 aromatic carbocycles. The molecule has 4 rings (SSSR count). The predicted molar refractivity (Wildman–Crippen MR) is 103 cm³/mol. The summed E-state index contributed by atoms with van der Waals surface area (Å²) in [5.74, 6) is 0. The molecule has 0 N–H and O–H groups in total. The second kappa shape index (κ2) is 6.45. The van der Waals surface area contributed by atoms with E-state index >= 15 is 0 Å². The molecule has 0 saturated carbocycles. The van der Waals surface area contributed by atoms with Gasteiger partial charge in [-0.05, 0) is 78.3 Å². The van der Waals surface area contributed by atoms with Crippen LogP contribution in [0.1, 0.15) is 40.8 Å². The number of aryl methyl sites for hydroxylation is 3. The van der Waals surface area contributed by atoms with Gasteiger partial charge in [0, 0.05) is 29.3 Å². The van der Waals surface area contributed by atoms with Crippen LogP contribution in [0.2, 0.25) is 0 Å². The Kier molecular flexibility index (Phi) is 4.31. The Morgan fingerprint density at radius 3 is 2.54 bits per heavy atom. The molecule has 0 bridgehead atoms. The third kappa shape index (κ3) is 2.96. The lowest BCUT2D eigenvalue weighted by Gasteiger charge is -2.27. The van der Waals surface area contributed by atoms with Crippen molar-refractivity contribution in [2.45, 2.75) is 32.6 Å². The lowest BCUT2D eigenvalue weighted by Crippen LogP contribution is -2.27. The van der Waals surface area contributed by atoms with Crippen molar-refractivity contribution >= 4 is 21.5 Å². The first-order valence-electron chi connectivity index (χ1n) is 8.77. The molecule has 1 aliphatic heterocycles. The maximum atomic E-state index is 4.86. The van der Waals surface area contributed by atoms with Gasteiger partial charge in [-0.2, -0.15) is 0 Å². The second-order valence-corrected chi connectivity index (χ2v) is 8.02. The van der Waals surface area contributed by atoms with E-state index < -0.39 is 0 Å². The molecule has 0 radical (unpaired) electrons. The molecule has 124 valence electrons. The van der Waals surface area contributed by atoms with Gasteiger partial charge in [0.1, 0.15) is 0 Å². The van der Waals surface area contributed by atoms with E-state index in [9.17, 15) is 0 Å². The zero-order valence-corrected chi connectivity index (χ0v) is 16.0. The molecule has 0 spiro atoms. The van der Waals surface area contributed by atoms with Crippen LogP contribution in [0.4, 0.5) is 0 Å². The van der Waals surface area contributed by atoms with Crippen LogP contribution in [-0.2, 0) is 12.8 Å². The number of pyridine rings is 1. The van der Waals surface area contributed by atoms with Gasteiger partial charge in [0.2, 0.25) is 0 Å². The molecule has 3 heteroatoms. The maximum Gasteiger partial charge on any atom is 0.0740 e. The minimum Gasteiger partial charge on any atom is -0.306 e. The fourth-order valence-electron chi connectivity index (χ4n) is 3.96. The van der Waals surface area contributed by atoms with Crippen LogP contribution in [0.5, 0.6) is 0 Å². The molecule has 0 amide bonds. The molecule has 24 heavy (non-hydrogen) atoms. The summed E-state index contributed by atoms with van der Waals surface area (Å²) in [5, 5.41) is 0. The molecule has 0 unspecified atom stereocenters. The summed E-state index contributed by atoms with van der Waals surface area (Å²) in [6, 6.07) is 9.20. The highest BCUT2D eigenvalue weighted by atomic mass is 79.9. The highest BCUT2D eigenvalue weighted by Gasteiger charge is 2.24. The highest BCUT2D eigenvalue weighted by Crippen LogP contribution is 2.38. The van der Waals surface area contributed by atoms with E-state index in [1.165, 1.54) is 33.5 Å². The minimum atomic E-state index is 1.06. The number of fused-ring (bicyclic) bond motifs is 2. The summed E-state index contributed by atoms with van der Waals surface area (Å²) >= 11 is 3.60. The molecule has 1 fully saturated rings. The smallest absolute Gasteiger partial charge is 0.0740 e. The van der Waals surface area contributed by atoms with Crippen molar-refractivity contribution < 1.29 is 0 Å². The Morgan fingerprint density at radius 1 is 1.00 bits per heavy atom. The normalized spacial score (nSPS) is 18.1. The first-order chi connectivity index (χ1) is 11.6. The van der Waals surface area contributed by atoms with E-state index in [2.05, 4.69) is 59.1 Å².